The Morgan fingerprint density at radius 1 is 0.903 bits per heavy atom. The van der Waals surface area contributed by atoms with Crippen LogP contribution >= 0.6 is 57.4 Å². The zero-order valence-electron chi connectivity index (χ0n) is 17.2. The van der Waals surface area contributed by atoms with Gasteiger partial charge in [-0.05, 0) is 82.1 Å². The van der Waals surface area contributed by atoms with Crippen molar-refractivity contribution in [3.63, 3.8) is 0 Å². The summed E-state index contributed by atoms with van der Waals surface area (Å²) in [5.41, 5.74) is 3.64. The number of halogens is 4. The summed E-state index contributed by atoms with van der Waals surface area (Å²) in [4.78, 5) is 4.95. The molecule has 2 nitrogen and oxygen atoms in total. The molecule has 0 bridgehead atoms. The van der Waals surface area contributed by atoms with Crippen LogP contribution < -0.4 is 4.90 Å². The normalized spacial score (nSPS) is 18.2. The monoisotopic (exact) mass is 584 g/mol. The summed E-state index contributed by atoms with van der Waals surface area (Å²) in [5.74, 6) is 0.466. The minimum Gasteiger partial charge on any atom is -0.361 e. The van der Waals surface area contributed by atoms with Gasteiger partial charge >= 0.3 is 0 Å². The van der Waals surface area contributed by atoms with E-state index in [4.69, 9.17) is 34.8 Å². The van der Waals surface area contributed by atoms with E-state index in [1.165, 1.54) is 14.7 Å². The zero-order chi connectivity index (χ0) is 22.0. The number of hydrogen-bond donors (Lipinski definition) is 0. The van der Waals surface area contributed by atoms with Gasteiger partial charge < -0.3 is 4.90 Å². The molecule has 3 aromatic rings. The van der Waals surface area contributed by atoms with Gasteiger partial charge in [0.15, 0.2) is 0 Å². The van der Waals surface area contributed by atoms with E-state index in [0.717, 1.165) is 36.9 Å². The van der Waals surface area contributed by atoms with Gasteiger partial charge in [0.2, 0.25) is 0 Å². The first kappa shape index (κ1) is 23.2. The summed E-state index contributed by atoms with van der Waals surface area (Å²) in [6.45, 7) is 6.13. The second-order valence-corrected chi connectivity index (χ2v) is 10.6. The van der Waals surface area contributed by atoms with Gasteiger partial charge in [0.05, 0.1) is 16.8 Å². The molecular weight excluding hydrogens is 562 g/mol. The first-order chi connectivity index (χ1) is 14.9. The summed E-state index contributed by atoms with van der Waals surface area (Å²) in [6.07, 6.45) is 0. The van der Waals surface area contributed by atoms with Gasteiger partial charge in [0, 0.05) is 39.8 Å². The second-order valence-electron chi connectivity index (χ2n) is 8.07. The average molecular weight is 586 g/mol. The quantitative estimate of drug-likeness (QED) is 0.281. The van der Waals surface area contributed by atoms with Crippen LogP contribution in [0, 0.1) is 3.57 Å². The van der Waals surface area contributed by atoms with Crippen molar-refractivity contribution < 1.29 is 0 Å². The van der Waals surface area contributed by atoms with Gasteiger partial charge in [-0.3, -0.25) is 4.90 Å². The van der Waals surface area contributed by atoms with Crippen LogP contribution in [0.25, 0.3) is 0 Å². The highest BCUT2D eigenvalue weighted by Gasteiger charge is 2.30. The zero-order valence-corrected chi connectivity index (χ0v) is 21.7. The van der Waals surface area contributed by atoms with E-state index in [0.29, 0.717) is 16.0 Å². The molecule has 31 heavy (non-hydrogen) atoms. The highest BCUT2D eigenvalue weighted by Crippen LogP contribution is 2.37. The lowest BCUT2D eigenvalue weighted by Crippen LogP contribution is -2.49. The lowest BCUT2D eigenvalue weighted by atomic mass is 9.97. The SMILES string of the molecule is C[C@@H](CN1CCN(c2ccc(Cl)cc2Cl)[C@H](c2ccc(Cl)cc2)C1)c1ccc(I)cc1. The van der Waals surface area contributed by atoms with Gasteiger partial charge in [0.25, 0.3) is 0 Å². The minimum atomic E-state index is 0.189. The Balaban J connectivity index is 1.58. The average Bonchev–Trinajstić information content (AvgIpc) is 2.75. The highest BCUT2D eigenvalue weighted by molar-refractivity contribution is 14.1. The maximum Gasteiger partial charge on any atom is 0.0670 e. The fraction of sp³-hybridized carbons (Fsp3) is 0.280. The predicted molar refractivity (Wildman–Crippen MR) is 142 cm³/mol. The molecule has 0 saturated carbocycles. The van der Waals surface area contributed by atoms with Crippen LogP contribution in [0.4, 0.5) is 5.69 Å². The van der Waals surface area contributed by atoms with Crippen LogP contribution in [0.3, 0.4) is 0 Å². The molecule has 162 valence electrons. The molecule has 0 spiro atoms. The summed E-state index contributed by atoms with van der Waals surface area (Å²) < 4.78 is 1.27. The fourth-order valence-corrected chi connectivity index (χ4v) is 5.26. The molecule has 1 aliphatic heterocycles. The molecule has 0 aromatic heterocycles. The number of hydrogen-bond acceptors (Lipinski definition) is 2. The van der Waals surface area contributed by atoms with Gasteiger partial charge in [-0.2, -0.15) is 0 Å². The number of nitrogens with zero attached hydrogens (tertiary/aromatic N) is 2. The molecule has 0 N–H and O–H groups in total. The standard InChI is InChI=1S/C25H24Cl3IN2/c1-17(18-4-9-22(29)10-5-18)15-30-12-13-31(24-11-8-21(27)14-23(24)28)25(16-30)19-2-6-20(26)7-3-19/h2-11,14,17,25H,12-13,15-16H2,1H3/t17-,25-/m0/s1. The van der Waals surface area contributed by atoms with Gasteiger partial charge in [0.1, 0.15) is 0 Å². The molecular formula is C25H24Cl3IN2. The Hall–Kier alpha value is -0.980. The van der Waals surface area contributed by atoms with Gasteiger partial charge in [-0.1, -0.05) is 66.0 Å². The molecule has 1 heterocycles. The summed E-state index contributed by atoms with van der Waals surface area (Å²) in [5, 5.41) is 2.09. The van der Waals surface area contributed by atoms with Crippen molar-refractivity contribution >= 4 is 63.1 Å². The van der Waals surface area contributed by atoms with Crippen LogP contribution in [0.5, 0.6) is 0 Å². The molecule has 1 aliphatic rings. The molecule has 4 rings (SSSR count). The lowest BCUT2D eigenvalue weighted by molar-refractivity contribution is 0.214. The number of anilines is 1. The molecule has 6 heteroatoms. The largest absolute Gasteiger partial charge is 0.361 e. The van der Waals surface area contributed by atoms with E-state index in [9.17, 15) is 0 Å². The molecule has 0 unspecified atom stereocenters. The Morgan fingerprint density at radius 2 is 1.58 bits per heavy atom. The number of piperazine rings is 1. The van der Waals surface area contributed by atoms with Crippen molar-refractivity contribution in [1.29, 1.82) is 0 Å². The van der Waals surface area contributed by atoms with Crippen LogP contribution in [-0.2, 0) is 0 Å². The minimum absolute atomic E-state index is 0.189. The number of benzene rings is 3. The summed E-state index contributed by atoms with van der Waals surface area (Å²) >= 11 is 21.3. The maximum absolute atomic E-state index is 6.59. The van der Waals surface area contributed by atoms with Crippen LogP contribution in [0.15, 0.2) is 66.7 Å². The van der Waals surface area contributed by atoms with Crippen molar-refractivity contribution in [2.24, 2.45) is 0 Å². The van der Waals surface area contributed by atoms with E-state index in [1.54, 1.807) is 0 Å². The molecule has 1 saturated heterocycles. The van der Waals surface area contributed by atoms with Crippen molar-refractivity contribution in [1.82, 2.24) is 4.90 Å². The first-order valence-corrected chi connectivity index (χ1v) is 12.6. The third-order valence-corrected chi connectivity index (χ3v) is 7.42. The molecule has 0 amide bonds. The van der Waals surface area contributed by atoms with Crippen molar-refractivity contribution in [3.05, 3.63) is 96.5 Å². The van der Waals surface area contributed by atoms with Crippen LogP contribution in [-0.4, -0.2) is 31.1 Å². The Kier molecular flexibility index (Phi) is 7.71. The highest BCUT2D eigenvalue weighted by atomic mass is 127. The maximum atomic E-state index is 6.59. The lowest BCUT2D eigenvalue weighted by Gasteiger charge is -2.44. The Morgan fingerprint density at radius 3 is 2.26 bits per heavy atom. The third kappa shape index (κ3) is 5.69. The van der Waals surface area contributed by atoms with Crippen LogP contribution in [0.1, 0.15) is 30.0 Å². The Labute approximate surface area is 213 Å². The predicted octanol–water partition coefficient (Wildman–Crippen LogP) is 7.92. The van der Waals surface area contributed by atoms with E-state index in [1.807, 2.05) is 30.3 Å². The van der Waals surface area contributed by atoms with Gasteiger partial charge in [-0.15, -0.1) is 0 Å². The van der Waals surface area contributed by atoms with E-state index in [-0.39, 0.29) is 6.04 Å². The van der Waals surface area contributed by atoms with Crippen molar-refractivity contribution in [2.75, 3.05) is 31.1 Å². The number of rotatable bonds is 5. The third-order valence-electron chi connectivity index (χ3n) is 5.91. The molecule has 0 aliphatic carbocycles. The van der Waals surface area contributed by atoms with E-state index in [2.05, 4.69) is 75.7 Å². The smallest absolute Gasteiger partial charge is 0.0670 e. The fourth-order valence-electron chi connectivity index (χ4n) is 4.26. The summed E-state index contributed by atoms with van der Waals surface area (Å²) in [6, 6.07) is 23.0. The molecule has 1 fully saturated rings. The van der Waals surface area contributed by atoms with Crippen molar-refractivity contribution in [3.8, 4) is 0 Å². The molecule has 3 aromatic carbocycles. The van der Waals surface area contributed by atoms with Crippen LogP contribution in [0.2, 0.25) is 15.1 Å². The second kappa shape index (κ2) is 10.3. The first-order valence-electron chi connectivity index (χ1n) is 10.4. The van der Waals surface area contributed by atoms with Crippen molar-refractivity contribution in [2.45, 2.75) is 18.9 Å². The summed E-state index contributed by atoms with van der Waals surface area (Å²) in [7, 11) is 0. The molecule has 0 radical (unpaired) electrons. The van der Waals surface area contributed by atoms with E-state index >= 15 is 0 Å². The van der Waals surface area contributed by atoms with E-state index < -0.39 is 0 Å². The molecule has 2 atom stereocenters. The van der Waals surface area contributed by atoms with Gasteiger partial charge in [-0.25, -0.2) is 0 Å². The topological polar surface area (TPSA) is 6.48 Å². The Bertz CT molecular complexity index is 1020.